The van der Waals surface area contributed by atoms with E-state index in [0.29, 0.717) is 0 Å². The molecule has 0 aromatic heterocycles. The summed E-state index contributed by atoms with van der Waals surface area (Å²) in [6, 6.07) is 30.1. The van der Waals surface area contributed by atoms with Crippen LogP contribution in [-0.4, -0.2) is 60.0 Å². The minimum Gasteiger partial charge on any atom is -1.00 e. The van der Waals surface area contributed by atoms with E-state index in [2.05, 4.69) is 49.6 Å². The van der Waals surface area contributed by atoms with Crippen molar-refractivity contribution in [3.63, 3.8) is 0 Å². The van der Waals surface area contributed by atoms with E-state index in [0.717, 1.165) is 56.1 Å². The van der Waals surface area contributed by atoms with Crippen LogP contribution in [0.4, 0.5) is 0 Å². The van der Waals surface area contributed by atoms with Crippen molar-refractivity contribution in [1.29, 1.82) is 0 Å². The number of nitrogens with zero attached hydrogens (tertiary/aromatic N) is 2. The maximum absolute atomic E-state index is 6.58. The van der Waals surface area contributed by atoms with Gasteiger partial charge in [0.15, 0.2) is 0 Å². The molecule has 0 aliphatic carbocycles. The normalized spacial score (nSPS) is 22.9. The molecule has 0 spiro atoms. The Morgan fingerprint density at radius 1 is 0.718 bits per heavy atom. The SMILES string of the molecule is CN1CCC(Oc2ccccc2)NCC[C]([Ti+3])(Oc2ccccc2)N(C)CCC1Oc1ccccc1.[Cl-].[Cl-].[Cl-]. The van der Waals surface area contributed by atoms with E-state index < -0.39 is 4.03 Å². The van der Waals surface area contributed by atoms with Gasteiger partial charge in [0.2, 0.25) is 0 Å². The second kappa shape index (κ2) is 18.1. The predicted molar refractivity (Wildman–Crippen MR) is 139 cm³/mol. The van der Waals surface area contributed by atoms with Gasteiger partial charge in [-0.3, -0.25) is 0 Å². The molecule has 4 rings (SSSR count). The van der Waals surface area contributed by atoms with Crippen LogP contribution in [0.5, 0.6) is 17.2 Å². The molecule has 3 aromatic rings. The van der Waals surface area contributed by atoms with E-state index in [1.807, 2.05) is 91.0 Å². The molecule has 10 heteroatoms. The number of ether oxygens (including phenoxy) is 3. The van der Waals surface area contributed by atoms with E-state index in [1.165, 1.54) is 0 Å². The van der Waals surface area contributed by atoms with Gasteiger partial charge in [-0.05, 0) is 0 Å². The Hall–Kier alpha value is -1.48. The van der Waals surface area contributed by atoms with Crippen LogP contribution in [0.3, 0.4) is 0 Å². The monoisotopic (exact) mass is 627 g/mol. The van der Waals surface area contributed by atoms with Crippen molar-refractivity contribution in [2.45, 2.75) is 35.7 Å². The maximum Gasteiger partial charge on any atom is -1.00 e. The summed E-state index contributed by atoms with van der Waals surface area (Å²) in [5, 5.41) is 3.64. The summed E-state index contributed by atoms with van der Waals surface area (Å²) in [7, 11) is 4.25. The van der Waals surface area contributed by atoms with E-state index in [4.69, 9.17) is 14.2 Å². The summed E-state index contributed by atoms with van der Waals surface area (Å²) >= 11 is 2.16. The largest absolute Gasteiger partial charge is 1.00 e. The third-order valence-electron chi connectivity index (χ3n) is 6.47. The van der Waals surface area contributed by atoms with Crippen LogP contribution < -0.4 is 56.7 Å². The number of halogens is 3. The van der Waals surface area contributed by atoms with Crippen molar-refractivity contribution in [3.8, 4) is 17.2 Å². The third-order valence-corrected chi connectivity index (χ3v) is 7.61. The molecule has 3 atom stereocenters. The van der Waals surface area contributed by atoms with Gasteiger partial charge in [-0.25, -0.2) is 0 Å². The molecule has 1 saturated heterocycles. The van der Waals surface area contributed by atoms with Crippen molar-refractivity contribution >= 4 is 0 Å². The second-order valence-electron chi connectivity index (χ2n) is 9.19. The Kier molecular flexibility index (Phi) is 16.5. The number of rotatable bonds is 6. The summed E-state index contributed by atoms with van der Waals surface area (Å²) in [5.74, 6) is 2.61. The minimum atomic E-state index is -0.499. The zero-order valence-electron chi connectivity index (χ0n) is 22.3. The van der Waals surface area contributed by atoms with Gasteiger partial charge in [0.05, 0.1) is 0 Å². The molecule has 0 radical (unpaired) electrons. The Balaban J connectivity index is 0.00000253. The Morgan fingerprint density at radius 3 is 1.79 bits per heavy atom. The van der Waals surface area contributed by atoms with Crippen LogP contribution in [0.25, 0.3) is 0 Å². The Bertz CT molecular complexity index is 1040. The fourth-order valence-electron chi connectivity index (χ4n) is 4.25. The Labute approximate surface area is 263 Å². The summed E-state index contributed by atoms with van der Waals surface area (Å²) < 4.78 is 18.9. The Morgan fingerprint density at radius 2 is 1.23 bits per heavy atom. The maximum atomic E-state index is 6.58. The predicted octanol–water partition coefficient (Wildman–Crippen LogP) is -4.27. The van der Waals surface area contributed by atoms with Crippen LogP contribution in [0, 0.1) is 0 Å². The van der Waals surface area contributed by atoms with Crippen LogP contribution >= 0.6 is 0 Å². The molecule has 6 nitrogen and oxygen atoms in total. The van der Waals surface area contributed by atoms with Gasteiger partial charge in [0, 0.05) is 0 Å². The standard InChI is InChI=1S/C29H36N3O3.3ClH.Ti/c1-31-22-19-27(33-24-12-6-3-7-13-24)30-21-18-28(34-25-14-8-4-9-15-25)32(2)23-20-29(31)35-26-16-10-5-11-17-26;;;;/h3-17,27,29-30H,18-23H2,1-2H3;3*1H;/q;;;;+3/p-3. The fourth-order valence-corrected chi connectivity index (χ4v) is 4.80. The minimum absolute atomic E-state index is 0. The molecule has 0 bridgehead atoms. The summed E-state index contributed by atoms with van der Waals surface area (Å²) in [6.07, 6.45) is 2.26. The van der Waals surface area contributed by atoms with Gasteiger partial charge in [-0.2, -0.15) is 0 Å². The van der Waals surface area contributed by atoms with E-state index in [-0.39, 0.29) is 49.7 Å². The van der Waals surface area contributed by atoms with Gasteiger partial charge in [0.1, 0.15) is 0 Å². The molecule has 39 heavy (non-hydrogen) atoms. The molecule has 1 aliphatic rings. The van der Waals surface area contributed by atoms with E-state index in [9.17, 15) is 0 Å². The van der Waals surface area contributed by atoms with Crippen LogP contribution in [-0.2, 0) is 20.4 Å². The zero-order valence-corrected chi connectivity index (χ0v) is 26.1. The van der Waals surface area contributed by atoms with Crippen molar-refractivity contribution in [3.05, 3.63) is 91.0 Å². The first-order chi connectivity index (χ1) is 17.5. The summed E-state index contributed by atoms with van der Waals surface area (Å²) in [5.41, 5.74) is 0. The van der Waals surface area contributed by atoms with Crippen molar-refractivity contribution in [2.75, 3.05) is 33.7 Å². The number of nitrogens with one attached hydrogen (secondary N) is 1. The first kappa shape index (κ1) is 35.6. The second-order valence-corrected chi connectivity index (χ2v) is 10.4. The van der Waals surface area contributed by atoms with Crippen LogP contribution in [0.2, 0.25) is 0 Å². The molecule has 210 valence electrons. The topological polar surface area (TPSA) is 46.2 Å². The van der Waals surface area contributed by atoms with Crippen molar-refractivity contribution in [1.82, 2.24) is 15.1 Å². The number of hydrogen-bond acceptors (Lipinski definition) is 6. The molecule has 0 amide bonds. The summed E-state index contributed by atoms with van der Waals surface area (Å²) in [6.45, 7) is 2.43. The van der Waals surface area contributed by atoms with Crippen molar-refractivity contribution < 1.29 is 71.9 Å². The fraction of sp³-hybridized carbons (Fsp3) is 0.379. The van der Waals surface area contributed by atoms with Crippen LogP contribution in [0.15, 0.2) is 91.0 Å². The molecular weight excluding hydrogens is 593 g/mol. The average molecular weight is 629 g/mol. The molecule has 1 heterocycles. The third kappa shape index (κ3) is 11.1. The number of para-hydroxylation sites is 3. The average Bonchev–Trinajstić information content (AvgIpc) is 2.90. The van der Waals surface area contributed by atoms with Gasteiger partial charge >= 0.3 is 227 Å². The number of benzene rings is 3. The van der Waals surface area contributed by atoms with Gasteiger partial charge < -0.3 is 37.2 Å². The van der Waals surface area contributed by atoms with E-state index >= 15 is 0 Å². The first-order valence-electron chi connectivity index (χ1n) is 12.6. The zero-order chi connectivity index (χ0) is 25.2. The molecule has 1 N–H and O–H groups in total. The molecular formula is C29H36Cl3N3O3Ti. The van der Waals surface area contributed by atoms with Crippen molar-refractivity contribution in [2.24, 2.45) is 0 Å². The molecule has 3 unspecified atom stereocenters. The first-order valence-corrected chi connectivity index (χ1v) is 13.4. The van der Waals surface area contributed by atoms with Gasteiger partial charge in [0.25, 0.3) is 0 Å². The molecule has 0 saturated carbocycles. The van der Waals surface area contributed by atoms with Crippen LogP contribution in [0.1, 0.15) is 19.3 Å². The molecule has 1 fully saturated rings. The quantitative estimate of drug-likeness (QED) is 0.279. The summed E-state index contributed by atoms with van der Waals surface area (Å²) in [4.78, 5) is 4.58. The molecule has 1 aliphatic heterocycles. The van der Waals surface area contributed by atoms with E-state index in [1.54, 1.807) is 0 Å². The number of hydrogen-bond donors (Lipinski definition) is 1. The van der Waals surface area contributed by atoms with Gasteiger partial charge in [-0.1, -0.05) is 0 Å². The smallest absolute Gasteiger partial charge is 1.00 e. The molecule has 3 aromatic carbocycles. The van der Waals surface area contributed by atoms with Gasteiger partial charge in [-0.15, -0.1) is 0 Å².